The summed E-state index contributed by atoms with van der Waals surface area (Å²) in [5.74, 6) is 0.398. The predicted molar refractivity (Wildman–Crippen MR) is 190 cm³/mol. The Morgan fingerprint density at radius 1 is 1.09 bits per heavy atom. The van der Waals surface area contributed by atoms with E-state index in [1.807, 2.05) is 26.0 Å². The zero-order valence-corrected chi connectivity index (χ0v) is 31.7. The van der Waals surface area contributed by atoms with Crippen molar-refractivity contribution in [3.05, 3.63) is 71.7 Å². The second-order valence-electron chi connectivity index (χ2n) is 11.2. The lowest BCUT2D eigenvalue weighted by Gasteiger charge is -2.14. The van der Waals surface area contributed by atoms with Crippen LogP contribution in [0.25, 0.3) is 22.5 Å². The van der Waals surface area contributed by atoms with E-state index in [1.54, 1.807) is 0 Å². The van der Waals surface area contributed by atoms with Gasteiger partial charge in [-0.05, 0) is 18.1 Å². The number of urea groups is 3. The van der Waals surface area contributed by atoms with Crippen LogP contribution < -0.4 is 25.5 Å². The van der Waals surface area contributed by atoms with Crippen molar-refractivity contribution in [3.8, 4) is 22.5 Å². The average molecular weight is 786 g/mol. The Morgan fingerprint density at radius 2 is 1.64 bits per heavy atom. The zero-order valence-electron chi connectivity index (χ0n) is 30.0. The van der Waals surface area contributed by atoms with Gasteiger partial charge in [0.05, 0.1) is 14.2 Å². The van der Waals surface area contributed by atoms with Gasteiger partial charge in [0.25, 0.3) is 0 Å². The van der Waals surface area contributed by atoms with E-state index >= 15 is 0 Å². The molecule has 53 heavy (non-hydrogen) atoms. The lowest BCUT2D eigenvalue weighted by Crippen LogP contribution is -2.43. The Morgan fingerprint density at radius 3 is 2.08 bits per heavy atom. The van der Waals surface area contributed by atoms with Crippen molar-refractivity contribution in [3.63, 3.8) is 0 Å². The van der Waals surface area contributed by atoms with E-state index in [-0.39, 0.29) is 17.2 Å². The third kappa shape index (κ3) is 14.1. The molecule has 0 saturated carbocycles. The molecule has 290 valence electrons. The number of halogens is 3. The highest BCUT2D eigenvalue weighted by Crippen LogP contribution is 2.34. The van der Waals surface area contributed by atoms with Crippen LogP contribution in [-0.4, -0.2) is 91.7 Å². The summed E-state index contributed by atoms with van der Waals surface area (Å²) in [5, 5.41) is 12.5. The highest BCUT2D eigenvalue weighted by atomic mass is 32.3. The highest BCUT2D eigenvalue weighted by molar-refractivity contribution is 7.80. The van der Waals surface area contributed by atoms with Gasteiger partial charge in [-0.25, -0.2) is 27.7 Å². The summed E-state index contributed by atoms with van der Waals surface area (Å²) >= 11 is 0.309. The smallest absolute Gasteiger partial charge is 0.445 e. The molecular formula is C32H42F3N9O7S2. The molecule has 1 saturated heterocycles. The number of anilines is 1. The van der Waals surface area contributed by atoms with Gasteiger partial charge in [-0.15, -0.1) is 14.9 Å². The minimum absolute atomic E-state index is 0.110. The van der Waals surface area contributed by atoms with Crippen molar-refractivity contribution >= 4 is 45.0 Å². The minimum Gasteiger partial charge on any atom is -0.726 e. The Labute approximate surface area is 309 Å². The lowest BCUT2D eigenvalue weighted by atomic mass is 10.1. The van der Waals surface area contributed by atoms with Gasteiger partial charge >= 0.3 is 24.3 Å². The summed E-state index contributed by atoms with van der Waals surface area (Å²) in [7, 11) is 3.25. The number of hydrogen-bond donors (Lipinski definition) is 3. The number of imide groups is 1. The molecule has 2 aromatic heterocycles. The first-order valence-electron chi connectivity index (χ1n) is 15.7. The fraction of sp³-hybridized carbons (Fsp3) is 0.375. The van der Waals surface area contributed by atoms with Crippen LogP contribution in [0.5, 0.6) is 0 Å². The van der Waals surface area contributed by atoms with Crippen molar-refractivity contribution in [1.29, 1.82) is 0 Å². The fourth-order valence-corrected chi connectivity index (χ4v) is 4.84. The van der Waals surface area contributed by atoms with E-state index in [9.17, 15) is 40.5 Å². The number of rotatable bonds is 6. The molecule has 3 heterocycles. The molecule has 1 aliphatic rings. The SMILES string of the molecule is CC(C)CNC(=O)N1CCNC1=O.CNC(=O)N(C)c1nnc(C(F)(F)F)s1.COS(=O)(=O)[O-].Cn1c(-c2ccccc2)cc(-c2ccccc2)[n+]1C. The number of alkyl halides is 3. The Kier molecular flexibility index (Phi) is 16.8. The number of hydrogen-bond acceptors (Lipinski definition) is 10. The molecule has 3 N–H and O–H groups in total. The van der Waals surface area contributed by atoms with Gasteiger partial charge in [-0.3, -0.25) is 9.08 Å². The fourth-order valence-electron chi connectivity index (χ4n) is 4.17. The van der Waals surface area contributed by atoms with Crippen molar-refractivity contribution in [2.24, 2.45) is 20.0 Å². The molecule has 0 atom stereocenters. The molecule has 0 spiro atoms. The summed E-state index contributed by atoms with van der Waals surface area (Å²) in [6, 6.07) is 22.0. The summed E-state index contributed by atoms with van der Waals surface area (Å²) in [4.78, 5) is 35.5. The molecule has 4 aromatic rings. The van der Waals surface area contributed by atoms with Gasteiger partial charge in [-0.2, -0.15) is 17.9 Å². The van der Waals surface area contributed by atoms with Crippen molar-refractivity contribution in [2.75, 3.05) is 45.7 Å². The van der Waals surface area contributed by atoms with Gasteiger partial charge in [-0.1, -0.05) is 73.7 Å². The largest absolute Gasteiger partial charge is 0.726 e. The van der Waals surface area contributed by atoms with Crippen LogP contribution in [0.4, 0.5) is 32.7 Å². The summed E-state index contributed by atoms with van der Waals surface area (Å²) in [6.45, 7) is 5.62. The van der Waals surface area contributed by atoms with Gasteiger partial charge in [0.1, 0.15) is 5.69 Å². The molecule has 6 amide bonds. The van der Waals surface area contributed by atoms with Gasteiger partial charge < -0.3 is 20.5 Å². The number of benzene rings is 2. The molecule has 2 aromatic carbocycles. The lowest BCUT2D eigenvalue weighted by molar-refractivity contribution is -0.740. The average Bonchev–Trinajstić information content (AvgIpc) is 3.87. The standard InChI is InChI=1S/C17H17N2.C8H15N3O2.C6H7F3N4OS.CH4O4S/c1-18-16(14-9-5-3-6-10-14)13-17(19(18)2)15-11-7-4-8-12-15;1-6(2)5-10-8(13)11-4-3-9-7(11)12;1-10-4(14)13(2)5-12-11-3(15-5)6(7,8)9;1-5-6(2,3)4/h3-13H,1-2H3;6H,3-5H2,1-2H3,(H,9,12)(H,10,13);1-2H3,(H,10,14);1H3,(H,2,3,4)/q+1;;;/p-1. The minimum atomic E-state index is -4.53. The van der Waals surface area contributed by atoms with E-state index in [0.717, 1.165) is 12.0 Å². The third-order valence-corrected chi connectivity index (χ3v) is 8.44. The normalized spacial score (nSPS) is 12.3. The van der Waals surface area contributed by atoms with E-state index in [2.05, 4.69) is 108 Å². The predicted octanol–water partition coefficient (Wildman–Crippen LogP) is 3.99. The summed E-state index contributed by atoms with van der Waals surface area (Å²) < 4.78 is 71.8. The van der Waals surface area contributed by atoms with Crippen molar-refractivity contribution in [1.82, 2.24) is 35.7 Å². The Bertz CT molecular complexity index is 1830. The number of carbonyl (C=O) groups is 3. The molecule has 0 radical (unpaired) electrons. The van der Waals surface area contributed by atoms with E-state index in [0.29, 0.717) is 36.9 Å². The van der Waals surface area contributed by atoms with E-state index in [4.69, 9.17) is 0 Å². The van der Waals surface area contributed by atoms with Crippen molar-refractivity contribution in [2.45, 2.75) is 20.0 Å². The van der Waals surface area contributed by atoms with Gasteiger partial charge in [0.2, 0.25) is 26.2 Å². The summed E-state index contributed by atoms with van der Waals surface area (Å²) in [6.07, 6.45) is -4.53. The first-order chi connectivity index (χ1) is 24.8. The molecule has 0 unspecified atom stereocenters. The molecule has 5 rings (SSSR count). The second kappa shape index (κ2) is 20.2. The molecule has 1 aliphatic heterocycles. The molecule has 1 fully saturated rings. The highest BCUT2D eigenvalue weighted by Gasteiger charge is 2.36. The molecule has 21 heteroatoms. The van der Waals surface area contributed by atoms with Crippen LogP contribution in [0.3, 0.4) is 0 Å². The van der Waals surface area contributed by atoms with Crippen LogP contribution in [-0.2, 0) is 34.9 Å². The molecule has 0 bridgehead atoms. The number of aromatic nitrogens is 4. The summed E-state index contributed by atoms with van der Waals surface area (Å²) in [5.41, 5.74) is 4.93. The first kappa shape index (κ1) is 44.0. The number of amides is 6. The van der Waals surface area contributed by atoms with Crippen LogP contribution >= 0.6 is 11.3 Å². The number of nitrogens with one attached hydrogen (secondary N) is 3. The van der Waals surface area contributed by atoms with E-state index < -0.39 is 27.6 Å². The third-order valence-electron chi connectivity index (χ3n) is 6.99. The van der Waals surface area contributed by atoms with Crippen LogP contribution in [0.2, 0.25) is 0 Å². The van der Waals surface area contributed by atoms with Crippen LogP contribution in [0, 0.1) is 5.92 Å². The Balaban J connectivity index is 0.000000260. The van der Waals surface area contributed by atoms with Crippen LogP contribution in [0.15, 0.2) is 66.7 Å². The second-order valence-corrected chi connectivity index (χ2v) is 13.3. The van der Waals surface area contributed by atoms with Crippen molar-refractivity contribution < 1.29 is 49.4 Å². The number of nitrogens with zero attached hydrogens (tertiary/aromatic N) is 6. The monoisotopic (exact) mass is 785 g/mol. The maximum Gasteiger partial charge on any atom is 0.445 e. The topological polar surface area (TPSA) is 195 Å². The quantitative estimate of drug-likeness (QED) is 0.147. The van der Waals surface area contributed by atoms with Gasteiger partial charge in [0, 0.05) is 50.9 Å². The first-order valence-corrected chi connectivity index (χ1v) is 17.8. The van der Waals surface area contributed by atoms with Crippen LogP contribution in [0.1, 0.15) is 18.9 Å². The maximum atomic E-state index is 12.1. The Hall–Kier alpha value is -5.12. The molecule has 16 nitrogen and oxygen atoms in total. The zero-order chi connectivity index (χ0) is 39.9. The van der Waals surface area contributed by atoms with Gasteiger partial charge in [0.15, 0.2) is 7.05 Å². The number of carbonyl (C=O) groups excluding carboxylic acids is 3. The van der Waals surface area contributed by atoms with E-state index in [1.165, 1.54) is 41.5 Å². The molecule has 0 aliphatic carbocycles. The molecular weight excluding hydrogens is 744 g/mol. The maximum absolute atomic E-state index is 12.1.